The molecule has 0 saturated carbocycles. The maximum absolute atomic E-state index is 4.65. The highest BCUT2D eigenvalue weighted by Crippen LogP contribution is 2.21. The number of benzene rings is 3. The normalized spacial score (nSPS) is 11.4. The third kappa shape index (κ3) is 3.37. The Morgan fingerprint density at radius 3 is 2.56 bits per heavy atom. The van der Waals surface area contributed by atoms with E-state index in [4.69, 9.17) is 0 Å². The van der Waals surface area contributed by atoms with Gasteiger partial charge in [0.1, 0.15) is 0 Å². The Labute approximate surface area is 161 Å². The average molecular weight is 436 g/mol. The van der Waals surface area contributed by atoms with Crippen LogP contribution in [0.1, 0.15) is 11.3 Å². The molecule has 3 heteroatoms. The fraction of sp³-hybridized carbons (Fsp3) is 0.0455. The molecule has 1 heterocycles. The van der Waals surface area contributed by atoms with Gasteiger partial charge in [-0.3, -0.25) is 4.99 Å². The van der Waals surface area contributed by atoms with Crippen LogP contribution >= 0.6 is 22.6 Å². The van der Waals surface area contributed by atoms with Crippen molar-refractivity contribution in [3.8, 4) is 5.69 Å². The maximum atomic E-state index is 4.65. The fourth-order valence-electron chi connectivity index (χ4n) is 2.91. The third-order valence-electron chi connectivity index (χ3n) is 4.28. The quantitative estimate of drug-likeness (QED) is 0.265. The van der Waals surface area contributed by atoms with Crippen molar-refractivity contribution in [2.75, 3.05) is 0 Å². The van der Waals surface area contributed by atoms with Crippen molar-refractivity contribution in [2.24, 2.45) is 4.99 Å². The molecule has 122 valence electrons. The van der Waals surface area contributed by atoms with Gasteiger partial charge in [-0.15, -0.1) is 0 Å². The number of hydrogen-bond donors (Lipinski definition) is 0. The molecular weight excluding hydrogens is 419 g/mol. The van der Waals surface area contributed by atoms with E-state index in [1.54, 1.807) is 0 Å². The first kappa shape index (κ1) is 16.1. The van der Waals surface area contributed by atoms with Gasteiger partial charge in [0.05, 0.1) is 17.6 Å². The van der Waals surface area contributed by atoms with Gasteiger partial charge >= 0.3 is 0 Å². The van der Waals surface area contributed by atoms with Crippen LogP contribution in [-0.2, 0) is 0 Å². The van der Waals surface area contributed by atoms with E-state index < -0.39 is 0 Å². The zero-order valence-electron chi connectivity index (χ0n) is 13.9. The molecule has 0 saturated heterocycles. The van der Waals surface area contributed by atoms with E-state index in [1.165, 1.54) is 19.9 Å². The standard InChI is InChI=1S/C22H17IN2/c1-16-13-19(9-11-22(16)23)24-15-21-7-4-12-25(21)20-10-8-17-5-2-3-6-18(17)14-20/h2-15H,1H3. The van der Waals surface area contributed by atoms with Gasteiger partial charge in [-0.05, 0) is 88.3 Å². The monoisotopic (exact) mass is 436 g/mol. The van der Waals surface area contributed by atoms with Crippen LogP contribution in [0.5, 0.6) is 0 Å². The lowest BCUT2D eigenvalue weighted by atomic mass is 10.1. The molecule has 0 aliphatic rings. The molecule has 0 fully saturated rings. The number of hydrogen-bond acceptors (Lipinski definition) is 1. The number of nitrogens with zero attached hydrogens (tertiary/aromatic N) is 2. The summed E-state index contributed by atoms with van der Waals surface area (Å²) in [6.45, 7) is 2.11. The fourth-order valence-corrected chi connectivity index (χ4v) is 3.25. The van der Waals surface area contributed by atoms with Crippen LogP contribution in [0.4, 0.5) is 5.69 Å². The number of fused-ring (bicyclic) bond motifs is 1. The molecule has 4 aromatic rings. The third-order valence-corrected chi connectivity index (χ3v) is 5.49. The molecule has 0 spiro atoms. The first-order valence-electron chi connectivity index (χ1n) is 8.17. The molecule has 0 aliphatic heterocycles. The van der Waals surface area contributed by atoms with Crippen LogP contribution in [0.2, 0.25) is 0 Å². The van der Waals surface area contributed by atoms with Crippen LogP contribution in [0.25, 0.3) is 16.5 Å². The Hall–Kier alpha value is -2.40. The van der Waals surface area contributed by atoms with Crippen molar-refractivity contribution in [1.29, 1.82) is 0 Å². The summed E-state index contributed by atoms with van der Waals surface area (Å²) >= 11 is 2.34. The summed E-state index contributed by atoms with van der Waals surface area (Å²) in [6, 6.07) is 25.3. The predicted molar refractivity (Wildman–Crippen MR) is 114 cm³/mol. The Morgan fingerprint density at radius 1 is 0.880 bits per heavy atom. The molecule has 4 rings (SSSR count). The lowest BCUT2D eigenvalue weighted by Gasteiger charge is -2.08. The van der Waals surface area contributed by atoms with Gasteiger partial charge in [0.25, 0.3) is 0 Å². The van der Waals surface area contributed by atoms with Gasteiger partial charge in [-0.2, -0.15) is 0 Å². The molecule has 0 atom stereocenters. The predicted octanol–water partition coefficient (Wildman–Crippen LogP) is 6.29. The molecule has 0 amide bonds. The number of rotatable bonds is 3. The Bertz CT molecular complexity index is 1080. The minimum Gasteiger partial charge on any atom is -0.316 e. The Morgan fingerprint density at radius 2 is 1.72 bits per heavy atom. The van der Waals surface area contributed by atoms with E-state index in [-0.39, 0.29) is 0 Å². The summed E-state index contributed by atoms with van der Waals surface area (Å²) in [5, 5.41) is 2.49. The molecule has 0 aliphatic carbocycles. The highest BCUT2D eigenvalue weighted by molar-refractivity contribution is 14.1. The molecule has 1 aromatic heterocycles. The van der Waals surface area contributed by atoms with Gasteiger partial charge in [-0.25, -0.2) is 0 Å². The molecule has 0 N–H and O–H groups in total. The van der Waals surface area contributed by atoms with Crippen LogP contribution in [-0.4, -0.2) is 10.8 Å². The van der Waals surface area contributed by atoms with Crippen molar-refractivity contribution in [3.05, 3.63) is 93.8 Å². The highest BCUT2D eigenvalue weighted by Gasteiger charge is 2.03. The average Bonchev–Trinajstić information content (AvgIpc) is 3.11. The molecular formula is C22H17IN2. The van der Waals surface area contributed by atoms with E-state index in [2.05, 4.69) is 118 Å². The summed E-state index contributed by atoms with van der Waals surface area (Å²) in [5.41, 5.74) is 4.43. The van der Waals surface area contributed by atoms with E-state index >= 15 is 0 Å². The number of aliphatic imine (C=N–C) groups is 1. The first-order valence-corrected chi connectivity index (χ1v) is 9.25. The molecule has 0 radical (unpaired) electrons. The molecule has 2 nitrogen and oxygen atoms in total. The zero-order chi connectivity index (χ0) is 17.2. The summed E-state index contributed by atoms with van der Waals surface area (Å²) in [6.07, 6.45) is 4.00. The van der Waals surface area contributed by atoms with Crippen molar-refractivity contribution in [1.82, 2.24) is 4.57 Å². The minimum atomic E-state index is 0.976. The summed E-state index contributed by atoms with van der Waals surface area (Å²) < 4.78 is 3.42. The largest absolute Gasteiger partial charge is 0.316 e. The van der Waals surface area contributed by atoms with Gasteiger partial charge < -0.3 is 4.57 Å². The topological polar surface area (TPSA) is 17.3 Å². The summed E-state index contributed by atoms with van der Waals surface area (Å²) in [5.74, 6) is 0. The van der Waals surface area contributed by atoms with Gasteiger partial charge in [0.15, 0.2) is 0 Å². The minimum absolute atomic E-state index is 0.976. The summed E-state index contributed by atoms with van der Waals surface area (Å²) in [7, 11) is 0. The molecule has 25 heavy (non-hydrogen) atoms. The van der Waals surface area contributed by atoms with Crippen molar-refractivity contribution >= 4 is 45.3 Å². The lowest BCUT2D eigenvalue weighted by molar-refractivity contribution is 1.07. The number of aryl methyl sites for hydroxylation is 1. The maximum Gasteiger partial charge on any atom is 0.0639 e. The van der Waals surface area contributed by atoms with Crippen LogP contribution in [0.15, 0.2) is 84.0 Å². The molecule has 0 unspecified atom stereocenters. The van der Waals surface area contributed by atoms with Crippen molar-refractivity contribution < 1.29 is 0 Å². The van der Waals surface area contributed by atoms with Crippen LogP contribution in [0, 0.1) is 10.5 Å². The van der Waals surface area contributed by atoms with E-state index in [0.717, 1.165) is 17.1 Å². The van der Waals surface area contributed by atoms with E-state index in [0.29, 0.717) is 0 Å². The zero-order valence-corrected chi connectivity index (χ0v) is 16.0. The van der Waals surface area contributed by atoms with Gasteiger partial charge in [0.2, 0.25) is 0 Å². The van der Waals surface area contributed by atoms with Crippen molar-refractivity contribution in [3.63, 3.8) is 0 Å². The smallest absolute Gasteiger partial charge is 0.0639 e. The first-order chi connectivity index (χ1) is 12.2. The van der Waals surface area contributed by atoms with Crippen molar-refractivity contribution in [2.45, 2.75) is 6.92 Å². The Balaban J connectivity index is 1.69. The Kier molecular flexibility index (Phi) is 4.40. The second-order valence-corrected chi connectivity index (χ2v) is 7.19. The van der Waals surface area contributed by atoms with Gasteiger partial charge in [-0.1, -0.05) is 30.3 Å². The number of halogens is 1. The second-order valence-electron chi connectivity index (χ2n) is 6.03. The summed E-state index contributed by atoms with van der Waals surface area (Å²) in [4.78, 5) is 4.65. The van der Waals surface area contributed by atoms with Crippen LogP contribution < -0.4 is 0 Å². The molecule has 0 bridgehead atoms. The van der Waals surface area contributed by atoms with E-state index in [1.807, 2.05) is 6.21 Å². The SMILES string of the molecule is Cc1cc(N=Cc2cccn2-c2ccc3ccccc3c2)ccc1I. The van der Waals surface area contributed by atoms with Gasteiger partial charge in [0, 0.05) is 15.5 Å². The van der Waals surface area contributed by atoms with E-state index in [9.17, 15) is 0 Å². The second kappa shape index (κ2) is 6.84. The lowest BCUT2D eigenvalue weighted by Crippen LogP contribution is -1.97. The number of aromatic nitrogens is 1. The molecule has 3 aromatic carbocycles. The highest BCUT2D eigenvalue weighted by atomic mass is 127. The van der Waals surface area contributed by atoms with Crippen LogP contribution in [0.3, 0.4) is 0 Å².